The third kappa shape index (κ3) is 3.38. The SMILES string of the molecule is COC(=O)/C=C(/C(=O)OC)c1cnc(N)c2oc(=O)cc(C(=O)OC)c12. The van der Waals surface area contributed by atoms with Gasteiger partial charge in [0.05, 0.1) is 32.5 Å². The molecule has 0 aliphatic heterocycles. The fourth-order valence-corrected chi connectivity index (χ4v) is 2.21. The molecule has 26 heavy (non-hydrogen) atoms. The third-order valence-corrected chi connectivity index (χ3v) is 3.36. The van der Waals surface area contributed by atoms with Crippen LogP contribution in [0.25, 0.3) is 16.5 Å². The Morgan fingerprint density at radius 3 is 2.38 bits per heavy atom. The number of anilines is 1. The van der Waals surface area contributed by atoms with Gasteiger partial charge in [0, 0.05) is 29.3 Å². The van der Waals surface area contributed by atoms with Crippen LogP contribution in [0.4, 0.5) is 5.82 Å². The first kappa shape index (κ1) is 18.6. The number of carbonyl (C=O) groups excluding carboxylic acids is 3. The van der Waals surface area contributed by atoms with Crippen LogP contribution in [-0.2, 0) is 23.8 Å². The van der Waals surface area contributed by atoms with E-state index < -0.39 is 23.5 Å². The van der Waals surface area contributed by atoms with E-state index in [2.05, 4.69) is 19.2 Å². The van der Waals surface area contributed by atoms with E-state index in [1.807, 2.05) is 0 Å². The highest BCUT2D eigenvalue weighted by Crippen LogP contribution is 2.30. The van der Waals surface area contributed by atoms with Gasteiger partial charge in [0.15, 0.2) is 11.4 Å². The number of pyridine rings is 1. The number of esters is 3. The Morgan fingerprint density at radius 2 is 1.81 bits per heavy atom. The van der Waals surface area contributed by atoms with E-state index in [-0.39, 0.29) is 33.5 Å². The number of methoxy groups -OCH3 is 3. The number of nitrogen functional groups attached to an aromatic ring is 1. The molecule has 2 rings (SSSR count). The zero-order chi connectivity index (χ0) is 19.4. The van der Waals surface area contributed by atoms with Crippen molar-refractivity contribution in [3.63, 3.8) is 0 Å². The Bertz CT molecular complexity index is 990. The first-order chi connectivity index (χ1) is 12.3. The Hall–Kier alpha value is -3.69. The van der Waals surface area contributed by atoms with Crippen molar-refractivity contribution in [3.05, 3.63) is 39.9 Å². The topological polar surface area (TPSA) is 148 Å². The van der Waals surface area contributed by atoms with Crippen LogP contribution in [0.2, 0.25) is 0 Å². The average molecular weight is 362 g/mol. The molecule has 10 nitrogen and oxygen atoms in total. The Labute approximate surface area is 146 Å². The van der Waals surface area contributed by atoms with Crippen LogP contribution in [0.15, 0.2) is 27.6 Å². The molecule has 2 N–H and O–H groups in total. The smallest absolute Gasteiger partial charge is 0.338 e. The highest BCUT2D eigenvalue weighted by atomic mass is 16.5. The summed E-state index contributed by atoms with van der Waals surface area (Å²) in [6.07, 6.45) is 1.99. The monoisotopic (exact) mass is 362 g/mol. The Kier molecular flexibility index (Phi) is 5.36. The average Bonchev–Trinajstić information content (AvgIpc) is 2.65. The summed E-state index contributed by atoms with van der Waals surface area (Å²) in [4.78, 5) is 51.4. The van der Waals surface area contributed by atoms with Gasteiger partial charge in [0.1, 0.15) is 0 Å². The van der Waals surface area contributed by atoms with Gasteiger partial charge in [-0.2, -0.15) is 0 Å². The van der Waals surface area contributed by atoms with Crippen LogP contribution in [0, 0.1) is 0 Å². The number of nitrogens with two attached hydrogens (primary N) is 1. The molecule has 0 atom stereocenters. The van der Waals surface area contributed by atoms with Crippen molar-refractivity contribution in [2.45, 2.75) is 0 Å². The number of aromatic nitrogens is 1. The maximum atomic E-state index is 12.1. The van der Waals surface area contributed by atoms with Crippen molar-refractivity contribution >= 4 is 40.3 Å². The molecular weight excluding hydrogens is 348 g/mol. The third-order valence-electron chi connectivity index (χ3n) is 3.36. The summed E-state index contributed by atoms with van der Waals surface area (Å²) in [6, 6.07) is 0.879. The number of nitrogens with zero attached hydrogens (tertiary/aromatic N) is 1. The Balaban J connectivity index is 2.98. The maximum Gasteiger partial charge on any atom is 0.338 e. The molecule has 0 aliphatic rings. The van der Waals surface area contributed by atoms with Gasteiger partial charge in [0.25, 0.3) is 0 Å². The molecule has 0 aromatic carbocycles. The van der Waals surface area contributed by atoms with Gasteiger partial charge in [0.2, 0.25) is 0 Å². The largest absolute Gasteiger partial charge is 0.466 e. The summed E-state index contributed by atoms with van der Waals surface area (Å²) in [5.74, 6) is -2.84. The summed E-state index contributed by atoms with van der Waals surface area (Å²) in [7, 11) is 3.33. The lowest BCUT2D eigenvalue weighted by Crippen LogP contribution is -2.13. The van der Waals surface area contributed by atoms with E-state index in [0.717, 1.165) is 39.7 Å². The number of ether oxygens (including phenoxy) is 3. The number of rotatable bonds is 4. The summed E-state index contributed by atoms with van der Waals surface area (Å²) in [6.45, 7) is 0. The molecular formula is C16H14N2O8. The second-order valence-electron chi connectivity index (χ2n) is 4.80. The molecule has 2 aromatic rings. The van der Waals surface area contributed by atoms with Gasteiger partial charge in [-0.05, 0) is 0 Å². The first-order valence-electron chi connectivity index (χ1n) is 7.03. The quantitative estimate of drug-likeness (QED) is 0.457. The van der Waals surface area contributed by atoms with Crippen LogP contribution < -0.4 is 11.4 Å². The normalized spacial score (nSPS) is 11.1. The zero-order valence-corrected chi connectivity index (χ0v) is 14.0. The van der Waals surface area contributed by atoms with Gasteiger partial charge in [-0.15, -0.1) is 0 Å². The molecule has 0 amide bonds. The van der Waals surface area contributed by atoms with Crippen molar-refractivity contribution < 1.29 is 33.0 Å². The minimum Gasteiger partial charge on any atom is -0.466 e. The second kappa shape index (κ2) is 7.47. The van der Waals surface area contributed by atoms with Gasteiger partial charge in [-0.25, -0.2) is 24.2 Å². The molecule has 0 spiro atoms. The lowest BCUT2D eigenvalue weighted by Gasteiger charge is -2.12. The molecule has 0 fully saturated rings. The lowest BCUT2D eigenvalue weighted by atomic mass is 9.99. The van der Waals surface area contributed by atoms with Gasteiger partial charge in [-0.3, -0.25) is 0 Å². The van der Waals surface area contributed by atoms with Crippen molar-refractivity contribution in [3.8, 4) is 0 Å². The molecule has 10 heteroatoms. The van der Waals surface area contributed by atoms with Crippen molar-refractivity contribution in [2.24, 2.45) is 0 Å². The predicted octanol–water partition coefficient (Wildman–Crippen LogP) is 0.286. The molecule has 0 aliphatic carbocycles. The van der Waals surface area contributed by atoms with Gasteiger partial charge in [-0.1, -0.05) is 0 Å². The standard InChI is InChI=1S/C16H14N2O8/c1-23-10(19)4-7(15(21)24-2)9-6-18-14(17)13-12(9)8(16(22)25-3)5-11(20)26-13/h4-6H,1-3H3,(H2,17,18)/b7-4+. The van der Waals surface area contributed by atoms with Crippen molar-refractivity contribution in [2.75, 3.05) is 27.1 Å². The molecule has 2 aromatic heterocycles. The minimum atomic E-state index is -0.912. The van der Waals surface area contributed by atoms with Gasteiger partial charge < -0.3 is 24.4 Å². The van der Waals surface area contributed by atoms with E-state index in [1.165, 1.54) is 0 Å². The van der Waals surface area contributed by atoms with E-state index in [9.17, 15) is 19.2 Å². The number of hydrogen-bond acceptors (Lipinski definition) is 10. The van der Waals surface area contributed by atoms with E-state index in [1.54, 1.807) is 0 Å². The highest BCUT2D eigenvalue weighted by molar-refractivity contribution is 6.25. The fourth-order valence-electron chi connectivity index (χ4n) is 2.21. The molecule has 0 saturated carbocycles. The zero-order valence-electron chi connectivity index (χ0n) is 14.0. The van der Waals surface area contributed by atoms with Crippen molar-refractivity contribution in [1.82, 2.24) is 4.98 Å². The summed E-state index contributed by atoms with van der Waals surface area (Å²) in [5, 5.41) is -0.0375. The van der Waals surface area contributed by atoms with Crippen LogP contribution >= 0.6 is 0 Å². The molecule has 0 unspecified atom stereocenters. The van der Waals surface area contributed by atoms with E-state index in [4.69, 9.17) is 10.2 Å². The van der Waals surface area contributed by atoms with E-state index in [0.29, 0.717) is 0 Å². The van der Waals surface area contributed by atoms with Crippen LogP contribution in [0.3, 0.4) is 0 Å². The predicted molar refractivity (Wildman–Crippen MR) is 88.0 cm³/mol. The molecule has 0 saturated heterocycles. The van der Waals surface area contributed by atoms with Crippen molar-refractivity contribution in [1.29, 1.82) is 0 Å². The van der Waals surface area contributed by atoms with Crippen LogP contribution in [-0.4, -0.2) is 44.2 Å². The number of carbonyl (C=O) groups is 3. The number of hydrogen-bond donors (Lipinski definition) is 1. The minimum absolute atomic E-state index is 0.0319. The van der Waals surface area contributed by atoms with Gasteiger partial charge >= 0.3 is 23.5 Å². The molecule has 0 radical (unpaired) electrons. The summed E-state index contributed by atoms with van der Waals surface area (Å²) in [5.41, 5.74) is 4.07. The van der Waals surface area contributed by atoms with E-state index >= 15 is 0 Å². The Morgan fingerprint density at radius 1 is 1.12 bits per heavy atom. The first-order valence-corrected chi connectivity index (χ1v) is 7.03. The molecule has 136 valence electrons. The summed E-state index contributed by atoms with van der Waals surface area (Å²) >= 11 is 0. The fraction of sp³-hybridized carbons (Fsp3) is 0.188. The molecule has 0 bridgehead atoms. The van der Waals surface area contributed by atoms with Crippen LogP contribution in [0.5, 0.6) is 0 Å². The maximum absolute atomic E-state index is 12.1. The highest BCUT2D eigenvalue weighted by Gasteiger charge is 2.25. The molecule has 2 heterocycles. The number of fused-ring (bicyclic) bond motifs is 1. The lowest BCUT2D eigenvalue weighted by molar-refractivity contribution is -0.136. The second-order valence-corrected chi connectivity index (χ2v) is 4.80. The summed E-state index contributed by atoms with van der Waals surface area (Å²) < 4.78 is 18.8. The van der Waals surface area contributed by atoms with Crippen LogP contribution in [0.1, 0.15) is 15.9 Å².